The average molecular weight is 116 g/mol. The van der Waals surface area contributed by atoms with Gasteiger partial charge >= 0.3 is 0 Å². The highest BCUT2D eigenvalue weighted by atomic mass is 14.8. The third-order valence-corrected chi connectivity index (χ3v) is 0.347. The maximum atomic E-state index is 3.43. The molecule has 2 heteroatoms. The van der Waals surface area contributed by atoms with E-state index in [1.165, 1.54) is 0 Å². The summed E-state index contributed by atoms with van der Waals surface area (Å²) >= 11 is 0. The maximum Gasteiger partial charge on any atom is 0.0417 e. The lowest BCUT2D eigenvalue weighted by Gasteiger charge is -1.76. The Morgan fingerprint density at radius 2 is 2.12 bits per heavy atom. The van der Waals surface area contributed by atoms with Crippen molar-refractivity contribution < 1.29 is 1.43 Å². The fourth-order valence-electron chi connectivity index (χ4n) is 0.127. The van der Waals surface area contributed by atoms with E-state index in [-0.39, 0.29) is 1.43 Å². The molecule has 0 aliphatic heterocycles. The first-order valence-electron chi connectivity index (χ1n) is 2.70. The Hall–Kier alpha value is -0.790. The first kappa shape index (κ1) is 10.2. The largest absolute Gasteiger partial charge is 0.393 e. The number of hydrogen-bond donors (Lipinski definition) is 1. The van der Waals surface area contributed by atoms with Crippen molar-refractivity contribution in [3.8, 4) is 0 Å². The zero-order valence-corrected chi connectivity index (χ0v) is 5.81. The van der Waals surface area contributed by atoms with Gasteiger partial charge in [0.15, 0.2) is 0 Å². The molecule has 2 nitrogen and oxygen atoms in total. The topological polar surface area (TPSA) is 24.4 Å². The lowest BCUT2D eigenvalue weighted by atomic mass is 10.9. The molecule has 0 bridgehead atoms. The van der Waals surface area contributed by atoms with Gasteiger partial charge in [-0.3, -0.25) is 4.99 Å². The second-order valence-electron chi connectivity index (χ2n) is 0.787. The molecular weight excluding hydrogens is 100 g/mol. The molecule has 0 fully saturated rings. The second kappa shape index (κ2) is 16.4. The van der Waals surface area contributed by atoms with Crippen molar-refractivity contribution in [2.75, 3.05) is 7.05 Å². The average Bonchev–Trinajstić information content (AvgIpc) is 1.88. The Labute approximate surface area is 52.8 Å². The summed E-state index contributed by atoms with van der Waals surface area (Å²) in [6.07, 6.45) is 3.28. The summed E-state index contributed by atoms with van der Waals surface area (Å²) in [5.41, 5.74) is 0. The Bertz CT molecular complexity index is 62.1. The number of nitrogens with one attached hydrogen (secondary N) is 1. The molecule has 0 aromatic rings. The minimum Gasteiger partial charge on any atom is -0.393 e. The van der Waals surface area contributed by atoms with Crippen LogP contribution in [0, 0.1) is 0 Å². The van der Waals surface area contributed by atoms with Gasteiger partial charge in [0, 0.05) is 20.9 Å². The highest BCUT2D eigenvalue weighted by Gasteiger charge is 1.50. The normalized spacial score (nSPS) is 7.38. The third kappa shape index (κ3) is 18.9. The van der Waals surface area contributed by atoms with Crippen LogP contribution in [0.3, 0.4) is 0 Å². The molecule has 0 rings (SSSR count). The molecule has 0 aliphatic carbocycles. The molecule has 0 unspecified atom stereocenters. The van der Waals surface area contributed by atoms with Gasteiger partial charge in [0.1, 0.15) is 0 Å². The summed E-state index contributed by atoms with van der Waals surface area (Å²) in [5.74, 6) is 0. The van der Waals surface area contributed by atoms with Gasteiger partial charge in [0.25, 0.3) is 0 Å². The highest BCUT2D eigenvalue weighted by Crippen LogP contribution is 1.60. The van der Waals surface area contributed by atoms with Gasteiger partial charge in [0.2, 0.25) is 0 Å². The molecule has 0 heterocycles. The Kier molecular flexibility index (Phi) is 20.9. The molecule has 0 amide bonds. The molecule has 0 aromatic heterocycles. The van der Waals surface area contributed by atoms with Crippen molar-refractivity contribution in [3.05, 3.63) is 12.4 Å². The fourth-order valence-corrected chi connectivity index (χ4v) is 0.127. The van der Waals surface area contributed by atoms with Crippen LogP contribution < -0.4 is 5.32 Å². The van der Waals surface area contributed by atoms with Crippen LogP contribution >= 0.6 is 0 Å². The highest BCUT2D eigenvalue weighted by molar-refractivity contribution is 5.25. The minimum atomic E-state index is 0. The molecule has 0 aliphatic rings. The van der Waals surface area contributed by atoms with Gasteiger partial charge in [-0.05, 0) is 6.72 Å². The molecule has 0 atom stereocenters. The first-order valence-corrected chi connectivity index (χ1v) is 2.70. The first-order chi connectivity index (χ1) is 3.91. The zero-order valence-electron chi connectivity index (χ0n) is 5.81. The molecule has 0 radical (unpaired) electrons. The molecule has 0 aromatic carbocycles. The zero-order chi connectivity index (χ0) is 6.83. The van der Waals surface area contributed by atoms with E-state index in [2.05, 4.69) is 17.0 Å². The van der Waals surface area contributed by atoms with E-state index in [9.17, 15) is 0 Å². The van der Waals surface area contributed by atoms with Crippen molar-refractivity contribution in [1.82, 2.24) is 5.32 Å². The molecule has 0 saturated carbocycles. The molecule has 50 valence electrons. The molecule has 1 N–H and O–H groups in total. The van der Waals surface area contributed by atoms with Crippen LogP contribution in [0.15, 0.2) is 17.4 Å². The predicted octanol–water partition coefficient (Wildman–Crippen LogP) is 1.65. The van der Waals surface area contributed by atoms with Gasteiger partial charge in [0.05, 0.1) is 0 Å². The number of hydrogen-bond acceptors (Lipinski definition) is 2. The van der Waals surface area contributed by atoms with Gasteiger partial charge in [-0.1, -0.05) is 13.8 Å². The van der Waals surface area contributed by atoms with Crippen molar-refractivity contribution in [1.29, 1.82) is 0 Å². The summed E-state index contributed by atoms with van der Waals surface area (Å²) in [5, 5.41) is 2.75. The van der Waals surface area contributed by atoms with Crippen LogP contribution in [0.2, 0.25) is 0 Å². The SMILES string of the molecule is C=N/C=C\NC.CC.[HH]. The summed E-state index contributed by atoms with van der Waals surface area (Å²) in [7, 11) is 1.81. The van der Waals surface area contributed by atoms with E-state index in [0.29, 0.717) is 0 Å². The summed E-state index contributed by atoms with van der Waals surface area (Å²) < 4.78 is 0. The van der Waals surface area contributed by atoms with Crippen molar-refractivity contribution in [2.24, 2.45) is 4.99 Å². The van der Waals surface area contributed by atoms with Crippen LogP contribution in [0.25, 0.3) is 0 Å². The van der Waals surface area contributed by atoms with E-state index in [1.54, 1.807) is 12.4 Å². The van der Waals surface area contributed by atoms with E-state index >= 15 is 0 Å². The van der Waals surface area contributed by atoms with Gasteiger partial charge < -0.3 is 5.32 Å². The van der Waals surface area contributed by atoms with Crippen LogP contribution in [0.4, 0.5) is 0 Å². The molecule has 8 heavy (non-hydrogen) atoms. The van der Waals surface area contributed by atoms with Gasteiger partial charge in [-0.25, -0.2) is 0 Å². The van der Waals surface area contributed by atoms with Crippen LogP contribution in [0.5, 0.6) is 0 Å². The van der Waals surface area contributed by atoms with Crippen LogP contribution in [0.1, 0.15) is 15.3 Å². The third-order valence-electron chi connectivity index (χ3n) is 0.347. The summed E-state index contributed by atoms with van der Waals surface area (Å²) in [6, 6.07) is 0. The van der Waals surface area contributed by atoms with E-state index < -0.39 is 0 Å². The monoisotopic (exact) mass is 116 g/mol. The van der Waals surface area contributed by atoms with Gasteiger partial charge in [-0.15, -0.1) is 0 Å². The van der Waals surface area contributed by atoms with Gasteiger partial charge in [-0.2, -0.15) is 0 Å². The number of nitrogens with zero attached hydrogens (tertiary/aromatic N) is 1. The van der Waals surface area contributed by atoms with Crippen molar-refractivity contribution in [3.63, 3.8) is 0 Å². The quantitative estimate of drug-likeness (QED) is 0.545. The van der Waals surface area contributed by atoms with Crippen LogP contribution in [-0.4, -0.2) is 13.8 Å². The number of rotatable bonds is 2. The maximum absolute atomic E-state index is 3.43. The smallest absolute Gasteiger partial charge is 0.0417 e. The minimum absolute atomic E-state index is 0. The number of aliphatic imine (C=N–C) groups is 1. The van der Waals surface area contributed by atoms with Crippen LogP contribution in [-0.2, 0) is 0 Å². The standard InChI is InChI=1S/C4H8N2.C2H6.H2/c1-5-3-4-6-2;1-2;/h3-4,6H,1H2,2H3;1-2H3;1H/b4-3-;;. The molecule has 0 spiro atoms. The molecular formula is C6H16N2. The Morgan fingerprint density at radius 1 is 1.62 bits per heavy atom. The summed E-state index contributed by atoms with van der Waals surface area (Å²) in [4.78, 5) is 3.43. The van der Waals surface area contributed by atoms with E-state index in [4.69, 9.17) is 0 Å². The molecule has 0 saturated heterocycles. The Balaban J connectivity index is -0.000000109. The Morgan fingerprint density at radius 3 is 2.25 bits per heavy atom. The lowest BCUT2D eigenvalue weighted by molar-refractivity contribution is 1.10. The second-order valence-corrected chi connectivity index (χ2v) is 0.787. The summed E-state index contributed by atoms with van der Waals surface area (Å²) in [6.45, 7) is 7.22. The van der Waals surface area contributed by atoms with Crippen molar-refractivity contribution >= 4 is 6.72 Å². The van der Waals surface area contributed by atoms with Crippen molar-refractivity contribution in [2.45, 2.75) is 13.8 Å². The lowest BCUT2D eigenvalue weighted by Crippen LogP contribution is -1.89. The predicted molar refractivity (Wildman–Crippen MR) is 41.2 cm³/mol. The fraction of sp³-hybridized carbons (Fsp3) is 0.500. The van der Waals surface area contributed by atoms with E-state index in [1.807, 2.05) is 20.9 Å². The van der Waals surface area contributed by atoms with E-state index in [0.717, 1.165) is 0 Å².